The molecule has 1 aromatic carbocycles. The van der Waals surface area contributed by atoms with Crippen molar-refractivity contribution < 1.29 is 48.3 Å². The van der Waals surface area contributed by atoms with Crippen LogP contribution in [0.25, 0.3) is 5.57 Å². The van der Waals surface area contributed by atoms with E-state index in [1.54, 1.807) is 0 Å². The molecule has 0 radical (unpaired) electrons. The molecule has 0 aromatic heterocycles. The second kappa shape index (κ2) is 7.28. The molecule has 0 saturated carbocycles. The lowest BCUT2D eigenvalue weighted by molar-refractivity contribution is -0.102. The quantitative estimate of drug-likeness (QED) is 0.232. The molecule has 0 aliphatic heterocycles. The van der Waals surface area contributed by atoms with Gasteiger partial charge < -0.3 is 0 Å². The van der Waals surface area contributed by atoms with Gasteiger partial charge in [0.1, 0.15) is 0 Å². The van der Waals surface area contributed by atoms with Crippen molar-refractivity contribution in [3.8, 4) is 0 Å². The smallest absolute Gasteiger partial charge is 0.203 e. The van der Waals surface area contributed by atoms with Crippen LogP contribution in [0.5, 0.6) is 0 Å². The van der Waals surface area contributed by atoms with E-state index in [0.717, 1.165) is 0 Å². The molecular formula is C15H9F11. The molecule has 0 atom stereocenters. The normalized spacial score (nSPS) is 13.6. The number of hydrogen-bond acceptors (Lipinski definition) is 0. The Morgan fingerprint density at radius 3 is 1.38 bits per heavy atom. The number of alkyl halides is 6. The van der Waals surface area contributed by atoms with Crippen LogP contribution in [0.2, 0.25) is 0 Å². The van der Waals surface area contributed by atoms with Gasteiger partial charge >= 0.3 is 12.4 Å². The van der Waals surface area contributed by atoms with E-state index in [-0.39, 0.29) is 5.57 Å². The van der Waals surface area contributed by atoms with Gasteiger partial charge in [0.2, 0.25) is 5.82 Å². The Bertz CT molecular complexity index is 730. The van der Waals surface area contributed by atoms with E-state index in [9.17, 15) is 48.3 Å². The van der Waals surface area contributed by atoms with Crippen molar-refractivity contribution in [2.75, 3.05) is 0 Å². The van der Waals surface area contributed by atoms with Crippen LogP contribution in [0.1, 0.15) is 25.8 Å². The second-order valence-corrected chi connectivity index (χ2v) is 5.28. The van der Waals surface area contributed by atoms with Gasteiger partial charge in [0.05, 0.1) is 11.1 Å². The molecule has 0 aliphatic rings. The molecule has 1 aromatic rings. The highest BCUT2D eigenvalue weighted by molar-refractivity contribution is 5.74. The predicted molar refractivity (Wildman–Crippen MR) is 69.3 cm³/mol. The number of hydrogen-bond donors (Lipinski definition) is 0. The third-order valence-electron chi connectivity index (χ3n) is 3.10. The van der Waals surface area contributed by atoms with Gasteiger partial charge in [-0.25, -0.2) is 22.0 Å². The molecule has 11 heteroatoms. The first-order valence-electron chi connectivity index (χ1n) is 6.63. The summed E-state index contributed by atoms with van der Waals surface area (Å²) in [4.78, 5) is 0. The van der Waals surface area contributed by atoms with E-state index in [4.69, 9.17) is 0 Å². The Morgan fingerprint density at radius 2 is 1.08 bits per heavy atom. The zero-order valence-corrected chi connectivity index (χ0v) is 12.9. The van der Waals surface area contributed by atoms with Gasteiger partial charge in [-0.15, -0.1) is 0 Å². The minimum atomic E-state index is -6.06. The SMILES string of the molecule is CC(C)=CC/C(=C(\c1c(F)c(F)c(F)c(F)c1F)C(F)(F)F)C(F)(F)F. The molecule has 0 fully saturated rings. The Labute approximate surface area is 139 Å². The fourth-order valence-corrected chi connectivity index (χ4v) is 1.95. The summed E-state index contributed by atoms with van der Waals surface area (Å²) in [6.45, 7) is 2.47. The first-order valence-corrected chi connectivity index (χ1v) is 6.63. The van der Waals surface area contributed by atoms with E-state index >= 15 is 0 Å². The van der Waals surface area contributed by atoms with E-state index in [2.05, 4.69) is 0 Å². The van der Waals surface area contributed by atoms with Gasteiger partial charge in [-0.1, -0.05) is 11.6 Å². The van der Waals surface area contributed by atoms with E-state index < -0.39 is 64.6 Å². The van der Waals surface area contributed by atoms with Gasteiger partial charge in [-0.2, -0.15) is 26.3 Å². The van der Waals surface area contributed by atoms with Crippen molar-refractivity contribution >= 4 is 5.57 Å². The molecule has 0 spiro atoms. The molecule has 0 amide bonds. The summed E-state index contributed by atoms with van der Waals surface area (Å²) in [5.74, 6) is -14.4. The highest BCUT2D eigenvalue weighted by Crippen LogP contribution is 2.45. The second-order valence-electron chi connectivity index (χ2n) is 5.28. The lowest BCUT2D eigenvalue weighted by atomic mass is 9.94. The fourth-order valence-electron chi connectivity index (χ4n) is 1.95. The van der Waals surface area contributed by atoms with Crippen molar-refractivity contribution in [2.45, 2.75) is 32.6 Å². The van der Waals surface area contributed by atoms with Gasteiger partial charge in [-0.3, -0.25) is 0 Å². The Hall–Kier alpha value is -2.07. The number of allylic oxidation sites excluding steroid dienone is 4. The van der Waals surface area contributed by atoms with Crippen LogP contribution in [0.15, 0.2) is 17.2 Å². The summed E-state index contributed by atoms with van der Waals surface area (Å²) in [5, 5.41) is 0. The number of rotatable bonds is 3. The molecule has 26 heavy (non-hydrogen) atoms. The summed E-state index contributed by atoms with van der Waals surface area (Å²) in [6.07, 6.45) is -12.6. The predicted octanol–water partition coefficient (Wildman–Crippen LogP) is 6.62. The van der Waals surface area contributed by atoms with Crippen LogP contribution in [0, 0.1) is 29.1 Å². The summed E-state index contributed by atoms with van der Waals surface area (Å²) < 4.78 is 146. The zero-order chi connectivity index (χ0) is 20.6. The Kier molecular flexibility index (Phi) is 6.15. The molecule has 0 nitrogen and oxygen atoms in total. The zero-order valence-electron chi connectivity index (χ0n) is 12.9. The maximum atomic E-state index is 13.7. The van der Waals surface area contributed by atoms with Crippen LogP contribution < -0.4 is 0 Å². The molecule has 0 bridgehead atoms. The van der Waals surface area contributed by atoms with Crippen molar-refractivity contribution in [1.29, 1.82) is 0 Å². The van der Waals surface area contributed by atoms with Crippen LogP contribution in [-0.4, -0.2) is 12.4 Å². The maximum absolute atomic E-state index is 13.7. The van der Waals surface area contributed by atoms with E-state index in [0.29, 0.717) is 6.08 Å². The Morgan fingerprint density at radius 1 is 0.692 bits per heavy atom. The monoisotopic (exact) mass is 398 g/mol. The molecule has 1 rings (SSSR count). The molecule has 0 saturated heterocycles. The van der Waals surface area contributed by atoms with E-state index in [1.165, 1.54) is 13.8 Å². The highest BCUT2D eigenvalue weighted by Gasteiger charge is 2.48. The first-order chi connectivity index (χ1) is 11.6. The van der Waals surface area contributed by atoms with Crippen LogP contribution >= 0.6 is 0 Å². The average molecular weight is 398 g/mol. The summed E-state index contributed by atoms with van der Waals surface area (Å²) in [5.41, 5.74) is -8.02. The lowest BCUT2D eigenvalue weighted by Crippen LogP contribution is -2.24. The van der Waals surface area contributed by atoms with Crippen LogP contribution in [0.3, 0.4) is 0 Å². The van der Waals surface area contributed by atoms with Crippen LogP contribution in [0.4, 0.5) is 48.3 Å². The molecule has 0 aliphatic carbocycles. The number of halogens is 11. The van der Waals surface area contributed by atoms with Crippen LogP contribution in [-0.2, 0) is 0 Å². The van der Waals surface area contributed by atoms with Gasteiger partial charge in [0, 0.05) is 5.57 Å². The van der Waals surface area contributed by atoms with Gasteiger partial charge in [0.15, 0.2) is 23.3 Å². The van der Waals surface area contributed by atoms with Crippen molar-refractivity contribution in [2.24, 2.45) is 0 Å². The van der Waals surface area contributed by atoms with Gasteiger partial charge in [-0.05, 0) is 20.3 Å². The van der Waals surface area contributed by atoms with Crippen molar-refractivity contribution in [1.82, 2.24) is 0 Å². The topological polar surface area (TPSA) is 0 Å². The molecule has 0 N–H and O–H groups in total. The maximum Gasteiger partial charge on any atom is 0.417 e. The minimum Gasteiger partial charge on any atom is -0.203 e. The molecule has 0 heterocycles. The lowest BCUT2D eigenvalue weighted by Gasteiger charge is -2.21. The fraction of sp³-hybridized carbons (Fsp3) is 0.333. The third kappa shape index (κ3) is 4.36. The van der Waals surface area contributed by atoms with Crippen molar-refractivity contribution in [3.05, 3.63) is 51.9 Å². The third-order valence-corrected chi connectivity index (χ3v) is 3.10. The molecule has 146 valence electrons. The summed E-state index contributed by atoms with van der Waals surface area (Å²) in [6, 6.07) is 0. The highest BCUT2D eigenvalue weighted by atomic mass is 19.4. The van der Waals surface area contributed by atoms with E-state index in [1.807, 2.05) is 0 Å². The number of benzene rings is 1. The standard InChI is InChI=1S/C15H9F11/c1-5(2)3-4-6(14(21,22)23)8(15(24,25)26)7-9(16)11(18)13(20)12(19)10(7)17/h3H,4H2,1-2H3/b8-6-. The molecular weight excluding hydrogens is 389 g/mol. The summed E-state index contributed by atoms with van der Waals surface area (Å²) >= 11 is 0. The Balaban J connectivity index is 4.08. The largest absolute Gasteiger partial charge is 0.417 e. The summed E-state index contributed by atoms with van der Waals surface area (Å²) in [7, 11) is 0. The molecule has 0 unspecified atom stereocenters. The minimum absolute atomic E-state index is 0.130. The first kappa shape index (κ1) is 22.0. The average Bonchev–Trinajstić information content (AvgIpc) is 2.47. The van der Waals surface area contributed by atoms with Crippen molar-refractivity contribution in [3.63, 3.8) is 0 Å². The van der Waals surface area contributed by atoms with Gasteiger partial charge in [0.25, 0.3) is 0 Å².